The van der Waals surface area contributed by atoms with Crippen molar-refractivity contribution in [2.45, 2.75) is 13.0 Å². The number of amides is 1. The molecule has 0 atom stereocenters. The zero-order chi connectivity index (χ0) is 16.9. The topological polar surface area (TPSA) is 54.5 Å². The van der Waals surface area contributed by atoms with Gasteiger partial charge in [-0.25, -0.2) is 9.37 Å². The lowest BCUT2D eigenvalue weighted by Crippen LogP contribution is -2.35. The summed E-state index contributed by atoms with van der Waals surface area (Å²) in [6.07, 6.45) is 0.175. The third-order valence-corrected chi connectivity index (χ3v) is 4.78. The van der Waals surface area contributed by atoms with Crippen LogP contribution in [0.25, 0.3) is 0 Å². The van der Waals surface area contributed by atoms with Gasteiger partial charge in [0, 0.05) is 24.2 Å². The molecule has 1 aliphatic rings. The summed E-state index contributed by atoms with van der Waals surface area (Å²) in [6, 6.07) is 4.09. The van der Waals surface area contributed by atoms with Crippen molar-refractivity contribution in [3.8, 4) is 0 Å². The highest BCUT2D eigenvalue weighted by Gasteiger charge is 2.14. The van der Waals surface area contributed by atoms with E-state index in [4.69, 9.17) is 16.3 Å². The minimum Gasteiger partial charge on any atom is -0.379 e. The van der Waals surface area contributed by atoms with Crippen LogP contribution in [0.2, 0.25) is 5.02 Å². The maximum absolute atomic E-state index is 13.1. The number of morpholine rings is 1. The number of carbonyl (C=O) groups is 1. The fourth-order valence-corrected chi connectivity index (χ4v) is 3.41. The SMILES string of the molecule is O=C(Cc1csc(CN2CCOCC2)n1)Nc1ccc(F)c(Cl)c1. The Bertz CT molecular complexity index is 719. The average Bonchev–Trinajstić information content (AvgIpc) is 2.99. The first-order valence-electron chi connectivity index (χ1n) is 7.58. The van der Waals surface area contributed by atoms with Crippen molar-refractivity contribution in [3.05, 3.63) is 45.1 Å². The van der Waals surface area contributed by atoms with Crippen LogP contribution in [0.3, 0.4) is 0 Å². The van der Waals surface area contributed by atoms with Gasteiger partial charge in [-0.15, -0.1) is 11.3 Å². The van der Waals surface area contributed by atoms with E-state index < -0.39 is 5.82 Å². The van der Waals surface area contributed by atoms with Gasteiger partial charge in [0.05, 0.1) is 36.9 Å². The first kappa shape index (κ1) is 17.3. The molecule has 24 heavy (non-hydrogen) atoms. The summed E-state index contributed by atoms with van der Waals surface area (Å²) in [5.41, 5.74) is 1.20. The number of nitrogens with one attached hydrogen (secondary N) is 1. The van der Waals surface area contributed by atoms with E-state index in [0.29, 0.717) is 5.69 Å². The second-order valence-corrected chi connectivity index (χ2v) is 6.82. The molecular weight excluding hydrogens is 353 g/mol. The van der Waals surface area contributed by atoms with Crippen LogP contribution in [0.4, 0.5) is 10.1 Å². The number of carbonyl (C=O) groups excluding carboxylic acids is 1. The van der Waals surface area contributed by atoms with E-state index in [-0.39, 0.29) is 17.4 Å². The molecule has 1 amide bonds. The lowest BCUT2D eigenvalue weighted by atomic mass is 10.2. The molecule has 0 unspecified atom stereocenters. The number of hydrogen-bond donors (Lipinski definition) is 1. The summed E-state index contributed by atoms with van der Waals surface area (Å²) in [5.74, 6) is -0.720. The van der Waals surface area contributed by atoms with Crippen molar-refractivity contribution in [1.29, 1.82) is 0 Å². The molecule has 5 nitrogen and oxygen atoms in total. The van der Waals surface area contributed by atoms with E-state index in [1.54, 1.807) is 11.3 Å². The van der Waals surface area contributed by atoms with E-state index in [9.17, 15) is 9.18 Å². The number of hydrogen-bond acceptors (Lipinski definition) is 5. The van der Waals surface area contributed by atoms with Crippen molar-refractivity contribution < 1.29 is 13.9 Å². The highest BCUT2D eigenvalue weighted by Crippen LogP contribution is 2.20. The number of anilines is 1. The van der Waals surface area contributed by atoms with Crippen molar-refractivity contribution >= 4 is 34.5 Å². The largest absolute Gasteiger partial charge is 0.379 e. The van der Waals surface area contributed by atoms with Gasteiger partial charge in [-0.3, -0.25) is 9.69 Å². The molecule has 1 aromatic heterocycles. The highest BCUT2D eigenvalue weighted by atomic mass is 35.5. The van der Waals surface area contributed by atoms with Crippen molar-refractivity contribution in [3.63, 3.8) is 0 Å². The van der Waals surface area contributed by atoms with Crippen LogP contribution in [0.5, 0.6) is 0 Å². The predicted octanol–water partition coefficient (Wildman–Crippen LogP) is 2.95. The number of benzene rings is 1. The van der Waals surface area contributed by atoms with Crippen molar-refractivity contribution in [2.24, 2.45) is 0 Å². The summed E-state index contributed by atoms with van der Waals surface area (Å²) >= 11 is 7.25. The second kappa shape index (κ2) is 8.02. The molecule has 0 aliphatic carbocycles. The van der Waals surface area contributed by atoms with Gasteiger partial charge in [0.1, 0.15) is 10.8 Å². The molecule has 128 valence electrons. The standard InChI is InChI=1S/C16H17ClFN3O2S/c17-13-7-11(1-2-14(13)18)19-15(22)8-12-10-24-16(20-12)9-21-3-5-23-6-4-21/h1-2,7,10H,3-6,8-9H2,(H,19,22). The van der Waals surface area contributed by atoms with Gasteiger partial charge in [-0.2, -0.15) is 0 Å². The summed E-state index contributed by atoms with van der Waals surface area (Å²) in [4.78, 5) is 18.9. The number of halogens is 2. The molecule has 1 N–H and O–H groups in total. The number of aromatic nitrogens is 1. The van der Waals surface area contributed by atoms with Crippen LogP contribution >= 0.6 is 22.9 Å². The van der Waals surface area contributed by atoms with Crippen molar-refractivity contribution in [1.82, 2.24) is 9.88 Å². The Hall–Kier alpha value is -1.54. The molecule has 8 heteroatoms. The van der Waals surface area contributed by atoms with Gasteiger partial charge in [0.15, 0.2) is 0 Å². The van der Waals surface area contributed by atoms with E-state index in [1.807, 2.05) is 5.38 Å². The Balaban J connectivity index is 1.53. The van der Waals surface area contributed by atoms with Crippen LogP contribution in [-0.2, 0) is 22.5 Å². The van der Waals surface area contributed by atoms with Crippen molar-refractivity contribution in [2.75, 3.05) is 31.6 Å². The Morgan fingerprint density at radius 2 is 2.21 bits per heavy atom. The fourth-order valence-electron chi connectivity index (χ4n) is 2.40. The summed E-state index contributed by atoms with van der Waals surface area (Å²) in [6.45, 7) is 4.09. The number of rotatable bonds is 5. The predicted molar refractivity (Wildman–Crippen MR) is 92.0 cm³/mol. The molecular formula is C16H17ClFN3O2S. The fraction of sp³-hybridized carbons (Fsp3) is 0.375. The smallest absolute Gasteiger partial charge is 0.230 e. The molecule has 1 aromatic carbocycles. The molecule has 3 rings (SSSR count). The Labute approximate surface area is 148 Å². The number of nitrogens with zero attached hydrogens (tertiary/aromatic N) is 2. The lowest BCUT2D eigenvalue weighted by molar-refractivity contribution is -0.115. The van der Waals surface area contributed by atoms with E-state index in [2.05, 4.69) is 15.2 Å². The number of thiazole rings is 1. The third-order valence-electron chi connectivity index (χ3n) is 3.61. The normalized spacial score (nSPS) is 15.4. The molecule has 2 heterocycles. The van der Waals surface area contributed by atoms with Crippen LogP contribution in [0.15, 0.2) is 23.6 Å². The Morgan fingerprint density at radius 1 is 1.42 bits per heavy atom. The van der Waals surface area contributed by atoms with Gasteiger partial charge >= 0.3 is 0 Å². The monoisotopic (exact) mass is 369 g/mol. The van der Waals surface area contributed by atoms with Crippen LogP contribution < -0.4 is 5.32 Å². The zero-order valence-electron chi connectivity index (χ0n) is 12.9. The Morgan fingerprint density at radius 3 is 2.96 bits per heavy atom. The molecule has 0 bridgehead atoms. The van der Waals surface area contributed by atoms with Crippen LogP contribution in [0, 0.1) is 5.82 Å². The van der Waals surface area contributed by atoms with E-state index >= 15 is 0 Å². The third kappa shape index (κ3) is 4.73. The summed E-state index contributed by atoms with van der Waals surface area (Å²) in [5, 5.41) is 5.56. The lowest BCUT2D eigenvalue weighted by Gasteiger charge is -2.25. The van der Waals surface area contributed by atoms with Gasteiger partial charge < -0.3 is 10.1 Å². The molecule has 1 aliphatic heterocycles. The molecule has 1 fully saturated rings. The molecule has 0 radical (unpaired) electrons. The van der Waals surface area contributed by atoms with Crippen LogP contribution in [0.1, 0.15) is 10.7 Å². The molecule has 0 saturated carbocycles. The zero-order valence-corrected chi connectivity index (χ0v) is 14.5. The molecule has 1 saturated heterocycles. The number of ether oxygens (including phenoxy) is 1. The molecule has 2 aromatic rings. The summed E-state index contributed by atoms with van der Waals surface area (Å²) in [7, 11) is 0. The Kier molecular flexibility index (Phi) is 5.78. The van der Waals surface area contributed by atoms with E-state index in [0.717, 1.165) is 43.5 Å². The quantitative estimate of drug-likeness (QED) is 0.880. The minimum absolute atomic E-state index is 0.0192. The van der Waals surface area contributed by atoms with Gasteiger partial charge in [0.25, 0.3) is 0 Å². The minimum atomic E-state index is -0.512. The van der Waals surface area contributed by atoms with Gasteiger partial charge in [-0.1, -0.05) is 11.6 Å². The highest BCUT2D eigenvalue weighted by molar-refractivity contribution is 7.09. The average molecular weight is 370 g/mol. The summed E-state index contributed by atoms with van der Waals surface area (Å²) < 4.78 is 18.4. The maximum atomic E-state index is 13.1. The maximum Gasteiger partial charge on any atom is 0.230 e. The van der Waals surface area contributed by atoms with Gasteiger partial charge in [0.2, 0.25) is 5.91 Å². The van der Waals surface area contributed by atoms with Gasteiger partial charge in [-0.05, 0) is 18.2 Å². The first-order valence-corrected chi connectivity index (χ1v) is 8.84. The first-order chi connectivity index (χ1) is 11.6. The second-order valence-electron chi connectivity index (χ2n) is 5.47. The van der Waals surface area contributed by atoms with Crippen LogP contribution in [-0.4, -0.2) is 42.1 Å². The van der Waals surface area contributed by atoms with E-state index in [1.165, 1.54) is 18.2 Å². The molecule has 0 spiro atoms.